The highest BCUT2D eigenvalue weighted by atomic mass is 19.4. The van der Waals surface area contributed by atoms with Gasteiger partial charge in [0, 0.05) is 18.0 Å². The molecular weight excluding hydrogens is 399 g/mol. The molecular formula is C16H22F3N5O5. The molecule has 0 saturated heterocycles. The highest BCUT2D eigenvalue weighted by molar-refractivity contribution is 5.90. The number of rotatable bonds is 8. The van der Waals surface area contributed by atoms with Gasteiger partial charge in [0.15, 0.2) is 6.10 Å². The lowest BCUT2D eigenvalue weighted by atomic mass is 9.97. The van der Waals surface area contributed by atoms with Crippen molar-refractivity contribution in [2.45, 2.75) is 51.1 Å². The van der Waals surface area contributed by atoms with Gasteiger partial charge >= 0.3 is 18.1 Å². The van der Waals surface area contributed by atoms with Crippen LogP contribution in [0.25, 0.3) is 10.4 Å². The summed E-state index contributed by atoms with van der Waals surface area (Å²) in [4.78, 5) is 40.2. The molecule has 1 N–H and O–H groups in total. The van der Waals surface area contributed by atoms with Crippen molar-refractivity contribution in [1.29, 1.82) is 0 Å². The summed E-state index contributed by atoms with van der Waals surface area (Å²) in [6.07, 6.45) is -4.96. The van der Waals surface area contributed by atoms with E-state index in [1.807, 2.05) is 0 Å². The Kier molecular flexibility index (Phi) is 8.77. The van der Waals surface area contributed by atoms with Crippen LogP contribution < -0.4 is 5.32 Å². The number of ether oxygens (including phenoxy) is 2. The summed E-state index contributed by atoms with van der Waals surface area (Å²) in [5, 5.41) is 4.96. The zero-order valence-electron chi connectivity index (χ0n) is 16.1. The molecule has 0 fully saturated rings. The topological polar surface area (TPSA) is 134 Å². The largest absolute Gasteiger partial charge is 0.471 e. The number of hydrogen-bond acceptors (Lipinski definition) is 6. The molecule has 3 atom stereocenters. The first kappa shape index (κ1) is 24.1. The van der Waals surface area contributed by atoms with E-state index >= 15 is 0 Å². The Labute approximate surface area is 164 Å². The van der Waals surface area contributed by atoms with Crippen molar-refractivity contribution in [1.82, 2.24) is 10.2 Å². The van der Waals surface area contributed by atoms with Crippen molar-refractivity contribution in [3.8, 4) is 0 Å². The molecule has 0 aromatic carbocycles. The SMILES string of the molecule is CCCN(CCC)C(=O)[C@@H]1OC(C(=O)OC)=CC(N=[N+]=[N-])[C@H]1NC(=O)C(F)(F)F. The molecule has 0 aliphatic carbocycles. The van der Waals surface area contributed by atoms with Gasteiger partial charge in [0.05, 0.1) is 19.2 Å². The zero-order chi connectivity index (χ0) is 22.2. The maximum absolute atomic E-state index is 13.0. The van der Waals surface area contributed by atoms with Crippen LogP contribution in [-0.2, 0) is 23.9 Å². The smallest absolute Gasteiger partial charge is 0.471 e. The van der Waals surface area contributed by atoms with Crippen LogP contribution in [0.5, 0.6) is 0 Å². The van der Waals surface area contributed by atoms with Gasteiger partial charge in [0.1, 0.15) is 0 Å². The van der Waals surface area contributed by atoms with Crippen molar-refractivity contribution >= 4 is 17.8 Å². The van der Waals surface area contributed by atoms with E-state index < -0.39 is 47.9 Å². The van der Waals surface area contributed by atoms with Gasteiger partial charge < -0.3 is 19.7 Å². The lowest BCUT2D eigenvalue weighted by Gasteiger charge is -2.37. The summed E-state index contributed by atoms with van der Waals surface area (Å²) in [7, 11) is 1.03. The molecule has 29 heavy (non-hydrogen) atoms. The van der Waals surface area contributed by atoms with Gasteiger partial charge in [-0.3, -0.25) is 9.59 Å². The van der Waals surface area contributed by atoms with E-state index in [2.05, 4.69) is 14.8 Å². The highest BCUT2D eigenvalue weighted by Crippen LogP contribution is 2.25. The van der Waals surface area contributed by atoms with Crippen LogP contribution in [0.2, 0.25) is 0 Å². The minimum absolute atomic E-state index is 0.274. The number of carbonyl (C=O) groups excluding carboxylic acids is 3. The number of nitrogens with zero attached hydrogens (tertiary/aromatic N) is 4. The Morgan fingerprint density at radius 3 is 2.34 bits per heavy atom. The van der Waals surface area contributed by atoms with Gasteiger partial charge in [-0.05, 0) is 24.4 Å². The lowest BCUT2D eigenvalue weighted by Crippen LogP contribution is -2.60. The average Bonchev–Trinajstić information content (AvgIpc) is 2.67. The van der Waals surface area contributed by atoms with E-state index in [1.165, 1.54) is 4.90 Å². The van der Waals surface area contributed by atoms with Crippen LogP contribution >= 0.6 is 0 Å². The Balaban J connectivity index is 3.40. The standard InChI is InChI=1S/C16H22F3N5O5/c1-4-6-24(7-5-2)13(25)12-11(21-15(27)16(17,18)19)9(22-23-20)8-10(29-12)14(26)28-3/h8-9,11-12H,4-7H2,1-3H3,(H,21,27)/t9?,11-,12-/m1/s1. The van der Waals surface area contributed by atoms with Crippen molar-refractivity contribution in [3.63, 3.8) is 0 Å². The summed E-state index contributed by atoms with van der Waals surface area (Å²) < 4.78 is 48.1. The Bertz CT molecular complexity index is 700. The fourth-order valence-corrected chi connectivity index (χ4v) is 2.72. The van der Waals surface area contributed by atoms with E-state index in [4.69, 9.17) is 10.3 Å². The Morgan fingerprint density at radius 1 is 1.31 bits per heavy atom. The van der Waals surface area contributed by atoms with Gasteiger partial charge in [-0.2, -0.15) is 13.2 Å². The van der Waals surface area contributed by atoms with Crippen molar-refractivity contribution < 1.29 is 37.0 Å². The summed E-state index contributed by atoms with van der Waals surface area (Å²) in [5.41, 5.74) is 8.76. The van der Waals surface area contributed by atoms with E-state index in [0.717, 1.165) is 13.2 Å². The molecule has 0 radical (unpaired) electrons. The van der Waals surface area contributed by atoms with Crippen molar-refractivity contribution in [2.24, 2.45) is 5.11 Å². The maximum atomic E-state index is 13.0. The molecule has 1 heterocycles. The number of hydrogen-bond donors (Lipinski definition) is 1. The number of halogens is 3. The second-order valence-electron chi connectivity index (χ2n) is 6.08. The number of esters is 1. The van der Waals surface area contributed by atoms with Gasteiger partial charge in [0.2, 0.25) is 5.76 Å². The Morgan fingerprint density at radius 2 is 1.90 bits per heavy atom. The fourth-order valence-electron chi connectivity index (χ4n) is 2.72. The number of azide groups is 1. The molecule has 2 amide bonds. The second kappa shape index (κ2) is 10.6. The monoisotopic (exact) mass is 421 g/mol. The third-order valence-electron chi connectivity index (χ3n) is 3.94. The number of nitrogens with one attached hydrogen (secondary N) is 1. The molecule has 0 saturated carbocycles. The molecule has 0 aromatic heterocycles. The Hall–Kier alpha value is -2.95. The van der Waals surface area contributed by atoms with Crippen LogP contribution in [0, 0.1) is 0 Å². The number of methoxy groups -OCH3 is 1. The predicted molar refractivity (Wildman–Crippen MR) is 93.1 cm³/mol. The quantitative estimate of drug-likeness (QED) is 0.276. The third-order valence-corrected chi connectivity index (χ3v) is 3.94. The first-order chi connectivity index (χ1) is 13.6. The van der Waals surface area contributed by atoms with E-state index in [1.54, 1.807) is 19.2 Å². The summed E-state index contributed by atoms with van der Waals surface area (Å²) in [5.74, 6) is -4.61. The maximum Gasteiger partial charge on any atom is 0.471 e. The van der Waals surface area contributed by atoms with Crippen LogP contribution in [0.4, 0.5) is 13.2 Å². The molecule has 162 valence electrons. The van der Waals surface area contributed by atoms with Crippen molar-refractivity contribution in [3.05, 3.63) is 22.3 Å². The molecule has 1 unspecified atom stereocenters. The van der Waals surface area contributed by atoms with E-state index in [0.29, 0.717) is 12.8 Å². The van der Waals surface area contributed by atoms with Crippen LogP contribution in [0.15, 0.2) is 16.9 Å². The first-order valence-electron chi connectivity index (χ1n) is 8.78. The van der Waals surface area contributed by atoms with Gasteiger partial charge in [0.25, 0.3) is 5.91 Å². The second-order valence-corrected chi connectivity index (χ2v) is 6.08. The molecule has 0 spiro atoms. The molecule has 0 aromatic rings. The molecule has 0 bridgehead atoms. The average molecular weight is 421 g/mol. The van der Waals surface area contributed by atoms with Crippen LogP contribution in [0.1, 0.15) is 26.7 Å². The molecule has 1 rings (SSSR count). The summed E-state index contributed by atoms with van der Waals surface area (Å²) >= 11 is 0. The summed E-state index contributed by atoms with van der Waals surface area (Å²) in [6, 6.07) is -3.18. The molecule has 10 nitrogen and oxygen atoms in total. The number of carbonyl (C=O) groups is 3. The fraction of sp³-hybridized carbons (Fsp3) is 0.688. The van der Waals surface area contributed by atoms with Crippen molar-refractivity contribution in [2.75, 3.05) is 20.2 Å². The lowest BCUT2D eigenvalue weighted by molar-refractivity contribution is -0.176. The number of alkyl halides is 3. The van der Waals surface area contributed by atoms with E-state index in [9.17, 15) is 27.6 Å². The first-order valence-corrected chi connectivity index (χ1v) is 8.78. The van der Waals surface area contributed by atoms with Gasteiger partial charge in [-0.15, -0.1) is 0 Å². The third kappa shape index (κ3) is 6.28. The van der Waals surface area contributed by atoms with E-state index in [-0.39, 0.29) is 13.1 Å². The summed E-state index contributed by atoms with van der Waals surface area (Å²) in [6.45, 7) is 4.14. The normalized spacial score (nSPS) is 21.2. The minimum Gasteiger partial charge on any atom is -0.471 e. The highest BCUT2D eigenvalue weighted by Gasteiger charge is 2.47. The molecule has 13 heteroatoms. The minimum atomic E-state index is -5.24. The van der Waals surface area contributed by atoms with Gasteiger partial charge in [-0.1, -0.05) is 19.0 Å². The molecule has 1 aliphatic rings. The van der Waals surface area contributed by atoms with Crippen LogP contribution in [-0.4, -0.2) is 67.2 Å². The predicted octanol–water partition coefficient (Wildman–Crippen LogP) is 1.82. The number of amides is 2. The molecule has 1 aliphatic heterocycles. The van der Waals surface area contributed by atoms with Gasteiger partial charge in [-0.25, -0.2) is 4.79 Å². The van der Waals surface area contributed by atoms with Crippen LogP contribution in [0.3, 0.4) is 0 Å². The zero-order valence-corrected chi connectivity index (χ0v) is 16.1.